The van der Waals surface area contributed by atoms with Gasteiger partial charge in [-0.2, -0.15) is 0 Å². The van der Waals surface area contributed by atoms with Crippen molar-refractivity contribution in [1.29, 1.82) is 0 Å². The van der Waals surface area contributed by atoms with Crippen LogP contribution in [0.15, 0.2) is 53.4 Å². The first kappa shape index (κ1) is 18.8. The molecule has 1 fully saturated rings. The number of halogens is 2. The molecule has 138 valence electrons. The van der Waals surface area contributed by atoms with Crippen molar-refractivity contribution in [2.45, 2.75) is 0 Å². The molecule has 0 bridgehead atoms. The van der Waals surface area contributed by atoms with Gasteiger partial charge in [0.05, 0.1) is 10.5 Å². The van der Waals surface area contributed by atoms with Gasteiger partial charge in [-0.1, -0.05) is 30.3 Å². The second-order valence-corrected chi connectivity index (χ2v) is 6.58. The van der Waals surface area contributed by atoms with Gasteiger partial charge in [-0.25, -0.2) is 8.78 Å². The Morgan fingerprint density at radius 2 is 1.70 bits per heavy atom. The number of hydrogen-bond acceptors (Lipinski definition) is 4. The molecule has 1 N–H and O–H groups in total. The van der Waals surface area contributed by atoms with E-state index in [1.807, 2.05) is 0 Å². The van der Waals surface area contributed by atoms with Crippen molar-refractivity contribution in [3.63, 3.8) is 0 Å². The van der Waals surface area contributed by atoms with Gasteiger partial charge >= 0.3 is 0 Å². The second kappa shape index (κ2) is 8.13. The third kappa shape index (κ3) is 4.22. The molecule has 5 nitrogen and oxygen atoms in total. The van der Waals surface area contributed by atoms with Gasteiger partial charge in [0.2, 0.25) is 0 Å². The number of benzene rings is 2. The van der Waals surface area contributed by atoms with Crippen LogP contribution in [0, 0.1) is 11.6 Å². The number of carbonyl (C=O) groups excluding carboxylic acids is 3. The van der Waals surface area contributed by atoms with Gasteiger partial charge in [-0.3, -0.25) is 19.3 Å². The lowest BCUT2D eigenvalue weighted by Gasteiger charge is -2.13. The Kier molecular flexibility index (Phi) is 5.66. The third-order valence-corrected chi connectivity index (χ3v) is 4.71. The van der Waals surface area contributed by atoms with Gasteiger partial charge < -0.3 is 5.32 Å². The van der Waals surface area contributed by atoms with E-state index in [9.17, 15) is 23.2 Å². The standard InChI is InChI=1S/C19H14F2N2O3S/c20-14-7-3-1-5-12(14)11-16-18(25)23(19(26)27-16)10-9-22-17(24)13-6-2-4-8-15(13)21/h1-8,11H,9-10H2,(H,22,24)/b16-11-. The average molecular weight is 388 g/mol. The fourth-order valence-corrected chi connectivity index (χ4v) is 3.30. The Bertz CT molecular complexity index is 946. The van der Waals surface area contributed by atoms with Crippen molar-refractivity contribution in [3.05, 3.63) is 76.2 Å². The molecule has 0 aliphatic carbocycles. The Hall–Kier alpha value is -3.00. The van der Waals surface area contributed by atoms with E-state index in [-0.39, 0.29) is 29.1 Å². The summed E-state index contributed by atoms with van der Waals surface area (Å²) in [5, 5.41) is 1.96. The molecule has 0 spiro atoms. The number of nitrogens with zero attached hydrogens (tertiary/aromatic N) is 1. The Morgan fingerprint density at radius 1 is 1.04 bits per heavy atom. The monoisotopic (exact) mass is 388 g/mol. The van der Waals surface area contributed by atoms with Crippen molar-refractivity contribution in [1.82, 2.24) is 10.2 Å². The normalized spacial score (nSPS) is 15.5. The molecule has 1 heterocycles. The molecule has 1 saturated heterocycles. The van der Waals surface area contributed by atoms with Crippen LogP contribution < -0.4 is 5.32 Å². The molecule has 0 radical (unpaired) electrons. The van der Waals surface area contributed by atoms with Gasteiger partial charge in [0.15, 0.2) is 0 Å². The smallest absolute Gasteiger partial charge is 0.293 e. The highest BCUT2D eigenvalue weighted by molar-refractivity contribution is 8.18. The molecule has 2 aromatic rings. The van der Waals surface area contributed by atoms with Crippen molar-refractivity contribution in [2.75, 3.05) is 13.1 Å². The Morgan fingerprint density at radius 3 is 2.41 bits per heavy atom. The van der Waals surface area contributed by atoms with Crippen LogP contribution in [-0.2, 0) is 4.79 Å². The quantitative estimate of drug-likeness (QED) is 0.797. The number of hydrogen-bond donors (Lipinski definition) is 1. The van der Waals surface area contributed by atoms with E-state index in [2.05, 4.69) is 5.32 Å². The van der Waals surface area contributed by atoms with Crippen LogP contribution in [0.25, 0.3) is 6.08 Å². The van der Waals surface area contributed by atoms with Crippen LogP contribution in [0.4, 0.5) is 13.6 Å². The van der Waals surface area contributed by atoms with E-state index in [0.717, 1.165) is 4.90 Å². The van der Waals surface area contributed by atoms with Crippen molar-refractivity contribution in [3.8, 4) is 0 Å². The summed E-state index contributed by atoms with van der Waals surface area (Å²) in [5.41, 5.74) is 0.0851. The zero-order valence-corrected chi connectivity index (χ0v) is 14.8. The molecule has 27 heavy (non-hydrogen) atoms. The summed E-state index contributed by atoms with van der Waals surface area (Å²) in [7, 11) is 0. The van der Waals surface area contributed by atoms with E-state index >= 15 is 0 Å². The summed E-state index contributed by atoms with van der Waals surface area (Å²) in [6, 6.07) is 11.4. The maximum Gasteiger partial charge on any atom is 0.293 e. The lowest BCUT2D eigenvalue weighted by molar-refractivity contribution is -0.122. The molecule has 3 amide bonds. The minimum Gasteiger partial charge on any atom is -0.350 e. The fraction of sp³-hybridized carbons (Fsp3) is 0.105. The minimum atomic E-state index is -0.658. The van der Waals surface area contributed by atoms with Crippen LogP contribution in [-0.4, -0.2) is 35.0 Å². The van der Waals surface area contributed by atoms with Gasteiger partial charge in [0.25, 0.3) is 17.1 Å². The molecule has 0 aromatic heterocycles. The highest BCUT2D eigenvalue weighted by Gasteiger charge is 2.34. The Balaban J connectivity index is 1.62. The summed E-state index contributed by atoms with van der Waals surface area (Å²) in [4.78, 5) is 37.4. The first-order valence-corrected chi connectivity index (χ1v) is 8.81. The highest BCUT2D eigenvalue weighted by atomic mass is 32.2. The average Bonchev–Trinajstić information content (AvgIpc) is 2.91. The van der Waals surface area contributed by atoms with Crippen molar-refractivity contribution in [2.24, 2.45) is 0 Å². The summed E-state index contributed by atoms with van der Waals surface area (Å²) < 4.78 is 27.3. The van der Waals surface area contributed by atoms with Crippen molar-refractivity contribution >= 4 is 34.9 Å². The molecule has 1 aliphatic rings. The molecule has 8 heteroatoms. The first-order chi connectivity index (χ1) is 13.0. The summed E-state index contributed by atoms with van der Waals surface area (Å²) in [5.74, 6) is -2.36. The number of rotatable bonds is 5. The molecular weight excluding hydrogens is 374 g/mol. The molecule has 0 atom stereocenters. The van der Waals surface area contributed by atoms with Crippen LogP contribution in [0.5, 0.6) is 0 Å². The van der Waals surface area contributed by atoms with E-state index in [4.69, 9.17) is 0 Å². The van der Waals surface area contributed by atoms with Gasteiger partial charge in [-0.15, -0.1) is 0 Å². The fourth-order valence-electron chi connectivity index (χ4n) is 2.45. The topological polar surface area (TPSA) is 66.5 Å². The maximum absolute atomic E-state index is 13.7. The van der Waals surface area contributed by atoms with E-state index < -0.39 is 28.7 Å². The third-order valence-electron chi connectivity index (χ3n) is 3.80. The molecule has 0 unspecified atom stereocenters. The van der Waals surface area contributed by atoms with Crippen molar-refractivity contribution < 1.29 is 23.2 Å². The lowest BCUT2D eigenvalue weighted by Crippen LogP contribution is -2.37. The molecule has 1 aliphatic heterocycles. The predicted molar refractivity (Wildman–Crippen MR) is 97.8 cm³/mol. The zero-order valence-electron chi connectivity index (χ0n) is 13.9. The first-order valence-electron chi connectivity index (χ1n) is 8.00. The van der Waals surface area contributed by atoms with E-state index in [1.54, 1.807) is 6.07 Å². The van der Waals surface area contributed by atoms with Crippen LogP contribution in [0.1, 0.15) is 15.9 Å². The molecule has 0 saturated carbocycles. The number of nitrogens with one attached hydrogen (secondary N) is 1. The number of carbonyl (C=O) groups is 3. The van der Waals surface area contributed by atoms with Gasteiger partial charge in [-0.05, 0) is 36.0 Å². The molecule has 2 aromatic carbocycles. The largest absolute Gasteiger partial charge is 0.350 e. The second-order valence-electron chi connectivity index (χ2n) is 5.59. The highest BCUT2D eigenvalue weighted by Crippen LogP contribution is 2.32. The van der Waals surface area contributed by atoms with E-state index in [0.29, 0.717) is 11.8 Å². The minimum absolute atomic E-state index is 0.0296. The van der Waals surface area contributed by atoms with Crippen LogP contribution in [0.3, 0.4) is 0 Å². The SMILES string of the molecule is O=C(NCCN1C(=O)S/C(=C\c2ccccc2F)C1=O)c1ccccc1F. The summed E-state index contributed by atoms with van der Waals surface area (Å²) in [6.07, 6.45) is 1.32. The zero-order chi connectivity index (χ0) is 19.4. The molecular formula is C19H14F2N2O3S. The predicted octanol–water partition coefficient (Wildman–Crippen LogP) is 3.43. The summed E-state index contributed by atoms with van der Waals surface area (Å²) in [6.45, 7) is -0.0995. The number of amides is 3. The van der Waals surface area contributed by atoms with Gasteiger partial charge in [0, 0.05) is 18.7 Å². The molecule has 3 rings (SSSR count). The maximum atomic E-state index is 13.7. The number of imide groups is 1. The summed E-state index contributed by atoms with van der Waals surface area (Å²) >= 11 is 0.702. The van der Waals surface area contributed by atoms with Crippen LogP contribution >= 0.6 is 11.8 Å². The van der Waals surface area contributed by atoms with Gasteiger partial charge in [0.1, 0.15) is 11.6 Å². The van der Waals surface area contributed by atoms with E-state index in [1.165, 1.54) is 48.5 Å². The van der Waals surface area contributed by atoms with Crippen LogP contribution in [0.2, 0.25) is 0 Å². The number of thioether (sulfide) groups is 1. The lowest BCUT2D eigenvalue weighted by atomic mass is 10.2. The Labute approximate surface area is 158 Å².